The molecule has 0 spiro atoms. The van der Waals surface area contributed by atoms with Crippen molar-refractivity contribution in [1.29, 1.82) is 0 Å². The zero-order valence-electron chi connectivity index (χ0n) is 15.1. The molecule has 0 heterocycles. The highest BCUT2D eigenvalue weighted by atomic mass is 32.2. The summed E-state index contributed by atoms with van der Waals surface area (Å²) < 4.78 is 22.4. The number of primary sulfonamides is 1. The normalized spacial score (nSPS) is 10.9. The molecule has 0 bridgehead atoms. The smallest absolute Gasteiger partial charge is 0.323 e. The topological polar surface area (TPSA) is 153 Å². The van der Waals surface area contributed by atoms with Crippen molar-refractivity contribution in [2.75, 3.05) is 17.2 Å². The molecule has 0 aliphatic heterocycles. The summed E-state index contributed by atoms with van der Waals surface area (Å²) in [6, 6.07) is 11.8. The van der Waals surface area contributed by atoms with Crippen LogP contribution in [0.1, 0.15) is 12.5 Å². The maximum Gasteiger partial charge on any atom is 0.323 e. The number of hydrogen-bond acceptors (Lipinski definition) is 6. The van der Waals surface area contributed by atoms with E-state index in [0.717, 1.165) is 10.5 Å². The third-order valence-electron chi connectivity index (χ3n) is 3.81. The van der Waals surface area contributed by atoms with Crippen molar-refractivity contribution < 1.29 is 22.8 Å². The molecule has 0 fully saturated rings. The van der Waals surface area contributed by atoms with E-state index in [0.29, 0.717) is 12.1 Å². The van der Waals surface area contributed by atoms with E-state index in [1.54, 1.807) is 12.1 Å². The Balaban J connectivity index is 1.98. The first kappa shape index (κ1) is 21.1. The standard InChI is InChI=1S/C18H20N4O5S/c1-12(23)22(15-6-4-14(19)5-7-15)18(25)17(24)21-11-10-13-2-8-16(9-3-13)28(20,26)27/h2-9H,10-11,19H2,1H3,(H,21,24)(H2,20,26,27). The van der Waals surface area contributed by atoms with Crippen LogP contribution in [0.15, 0.2) is 53.4 Å². The number of rotatable bonds is 5. The summed E-state index contributed by atoms with van der Waals surface area (Å²) in [4.78, 5) is 37.0. The van der Waals surface area contributed by atoms with Gasteiger partial charge in [-0.15, -0.1) is 0 Å². The van der Waals surface area contributed by atoms with E-state index in [4.69, 9.17) is 10.9 Å². The number of nitrogens with one attached hydrogen (secondary N) is 1. The Morgan fingerprint density at radius 1 is 1.00 bits per heavy atom. The number of nitrogens with two attached hydrogens (primary N) is 2. The molecule has 10 heteroatoms. The van der Waals surface area contributed by atoms with Crippen molar-refractivity contribution in [3.63, 3.8) is 0 Å². The number of amides is 3. The van der Waals surface area contributed by atoms with Gasteiger partial charge in [-0.05, 0) is 48.4 Å². The van der Waals surface area contributed by atoms with Crippen molar-refractivity contribution in [3.8, 4) is 0 Å². The molecule has 0 saturated carbocycles. The molecule has 0 aromatic heterocycles. The lowest BCUT2D eigenvalue weighted by Crippen LogP contribution is -2.45. The van der Waals surface area contributed by atoms with Gasteiger partial charge < -0.3 is 11.1 Å². The molecular weight excluding hydrogens is 384 g/mol. The van der Waals surface area contributed by atoms with Crippen LogP contribution in [0.5, 0.6) is 0 Å². The Labute approximate surface area is 162 Å². The molecule has 5 N–H and O–H groups in total. The van der Waals surface area contributed by atoms with Gasteiger partial charge in [-0.3, -0.25) is 14.4 Å². The minimum atomic E-state index is -3.77. The van der Waals surface area contributed by atoms with Crippen LogP contribution < -0.4 is 21.1 Å². The van der Waals surface area contributed by atoms with Crippen LogP contribution >= 0.6 is 0 Å². The Morgan fingerprint density at radius 3 is 2.07 bits per heavy atom. The fourth-order valence-corrected chi connectivity index (χ4v) is 2.92. The van der Waals surface area contributed by atoms with Crippen LogP contribution in [0.25, 0.3) is 0 Å². The molecule has 28 heavy (non-hydrogen) atoms. The van der Waals surface area contributed by atoms with Crippen molar-refractivity contribution in [1.82, 2.24) is 5.32 Å². The van der Waals surface area contributed by atoms with E-state index < -0.39 is 27.7 Å². The van der Waals surface area contributed by atoms with Crippen molar-refractivity contribution in [2.45, 2.75) is 18.2 Å². The quantitative estimate of drug-likeness (QED) is 0.476. The second-order valence-corrected chi connectivity index (χ2v) is 7.51. The molecule has 0 aliphatic rings. The number of carbonyl (C=O) groups excluding carboxylic acids is 3. The van der Waals surface area contributed by atoms with Gasteiger partial charge in [0.15, 0.2) is 0 Å². The third kappa shape index (κ3) is 5.38. The van der Waals surface area contributed by atoms with E-state index in [2.05, 4.69) is 5.32 Å². The lowest BCUT2D eigenvalue weighted by atomic mass is 10.1. The first-order valence-electron chi connectivity index (χ1n) is 8.19. The second-order valence-electron chi connectivity index (χ2n) is 5.95. The molecule has 0 radical (unpaired) electrons. The van der Waals surface area contributed by atoms with E-state index in [1.807, 2.05) is 0 Å². The van der Waals surface area contributed by atoms with E-state index in [9.17, 15) is 22.8 Å². The maximum absolute atomic E-state index is 12.3. The van der Waals surface area contributed by atoms with Crippen LogP contribution in [-0.2, 0) is 30.8 Å². The summed E-state index contributed by atoms with van der Waals surface area (Å²) in [5.74, 6) is -2.56. The first-order valence-corrected chi connectivity index (χ1v) is 9.74. The fraction of sp³-hybridized carbons (Fsp3) is 0.167. The number of sulfonamides is 1. The monoisotopic (exact) mass is 404 g/mol. The molecule has 0 saturated heterocycles. The summed E-state index contributed by atoms with van der Waals surface area (Å²) in [7, 11) is -3.77. The molecule has 9 nitrogen and oxygen atoms in total. The van der Waals surface area contributed by atoms with Crippen LogP contribution in [0.2, 0.25) is 0 Å². The molecule has 2 aromatic rings. The molecule has 3 amide bonds. The predicted octanol–water partition coefficient (Wildman–Crippen LogP) is 0.155. The van der Waals surface area contributed by atoms with E-state index >= 15 is 0 Å². The number of carbonyl (C=O) groups is 3. The summed E-state index contributed by atoms with van der Waals surface area (Å²) in [5.41, 5.74) is 7.02. The highest BCUT2D eigenvalue weighted by Crippen LogP contribution is 2.17. The number of nitrogen functional groups attached to an aromatic ring is 1. The molecule has 148 valence electrons. The van der Waals surface area contributed by atoms with Crippen LogP contribution in [-0.4, -0.2) is 32.7 Å². The molecule has 0 atom stereocenters. The molecule has 2 rings (SSSR count). The Hall–Kier alpha value is -3.24. The first-order chi connectivity index (χ1) is 13.1. The van der Waals surface area contributed by atoms with E-state index in [-0.39, 0.29) is 17.1 Å². The molecule has 0 aliphatic carbocycles. The van der Waals surface area contributed by atoms with Gasteiger partial charge in [0.25, 0.3) is 0 Å². The van der Waals surface area contributed by atoms with Crippen molar-refractivity contribution >= 4 is 39.1 Å². The maximum atomic E-state index is 12.3. The highest BCUT2D eigenvalue weighted by Gasteiger charge is 2.26. The minimum Gasteiger partial charge on any atom is -0.399 e. The number of anilines is 2. The highest BCUT2D eigenvalue weighted by molar-refractivity contribution is 7.89. The summed E-state index contributed by atoms with van der Waals surface area (Å²) in [5, 5.41) is 7.47. The van der Waals surface area contributed by atoms with Gasteiger partial charge in [-0.1, -0.05) is 12.1 Å². The van der Waals surface area contributed by atoms with Gasteiger partial charge in [0.1, 0.15) is 0 Å². The minimum absolute atomic E-state index is 0.0175. The zero-order chi connectivity index (χ0) is 20.9. The lowest BCUT2D eigenvalue weighted by molar-refractivity contribution is -0.139. The average Bonchev–Trinajstić information content (AvgIpc) is 2.62. The average molecular weight is 404 g/mol. The van der Waals surface area contributed by atoms with Gasteiger partial charge >= 0.3 is 11.8 Å². The van der Waals surface area contributed by atoms with Crippen molar-refractivity contribution in [2.24, 2.45) is 5.14 Å². The summed E-state index contributed by atoms with van der Waals surface area (Å²) in [6.07, 6.45) is 0.353. The largest absolute Gasteiger partial charge is 0.399 e. The zero-order valence-corrected chi connectivity index (χ0v) is 15.9. The number of benzene rings is 2. The van der Waals surface area contributed by atoms with Gasteiger partial charge in [0.05, 0.1) is 10.6 Å². The Morgan fingerprint density at radius 2 is 1.57 bits per heavy atom. The van der Waals surface area contributed by atoms with Crippen LogP contribution in [0, 0.1) is 0 Å². The second kappa shape index (κ2) is 8.63. The SMILES string of the molecule is CC(=O)N(C(=O)C(=O)NCCc1ccc(S(N)(=O)=O)cc1)c1ccc(N)cc1. The van der Waals surface area contributed by atoms with Gasteiger partial charge in [0.2, 0.25) is 15.9 Å². The van der Waals surface area contributed by atoms with E-state index in [1.165, 1.54) is 43.3 Å². The predicted molar refractivity (Wildman–Crippen MR) is 104 cm³/mol. The van der Waals surface area contributed by atoms with Crippen LogP contribution in [0.3, 0.4) is 0 Å². The van der Waals surface area contributed by atoms with Gasteiger partial charge in [0, 0.05) is 19.2 Å². The Kier molecular flexibility index (Phi) is 6.49. The number of nitrogens with zero attached hydrogens (tertiary/aromatic N) is 1. The van der Waals surface area contributed by atoms with Gasteiger partial charge in [-0.2, -0.15) is 0 Å². The van der Waals surface area contributed by atoms with Crippen molar-refractivity contribution in [3.05, 3.63) is 54.1 Å². The molecule has 2 aromatic carbocycles. The number of imide groups is 1. The van der Waals surface area contributed by atoms with Crippen LogP contribution in [0.4, 0.5) is 11.4 Å². The lowest BCUT2D eigenvalue weighted by Gasteiger charge is -2.18. The third-order valence-corrected chi connectivity index (χ3v) is 4.74. The molecule has 0 unspecified atom stereocenters. The van der Waals surface area contributed by atoms with Gasteiger partial charge in [-0.25, -0.2) is 18.5 Å². The summed E-state index contributed by atoms with van der Waals surface area (Å²) in [6.45, 7) is 1.29. The summed E-state index contributed by atoms with van der Waals surface area (Å²) >= 11 is 0. The Bertz CT molecular complexity index is 986. The molecular formula is C18H20N4O5S. The fourth-order valence-electron chi connectivity index (χ4n) is 2.41. The number of hydrogen-bond donors (Lipinski definition) is 3.